The molecular formula is C27H25ClF3N3O5S. The van der Waals surface area contributed by atoms with Crippen LogP contribution in [0.5, 0.6) is 5.75 Å². The molecule has 0 saturated carbocycles. The Morgan fingerprint density at radius 3 is 2.60 bits per heavy atom. The number of hydrazone groups is 1. The van der Waals surface area contributed by atoms with Crippen molar-refractivity contribution in [2.24, 2.45) is 5.10 Å². The van der Waals surface area contributed by atoms with Gasteiger partial charge in [0.1, 0.15) is 5.75 Å². The summed E-state index contributed by atoms with van der Waals surface area (Å²) in [5.74, 6) is -0.0799. The molecule has 3 rings (SSSR count). The third kappa shape index (κ3) is 8.71. The van der Waals surface area contributed by atoms with Gasteiger partial charge in [0.05, 0.1) is 47.9 Å². The quantitative estimate of drug-likeness (QED) is 0.184. The maximum Gasteiger partial charge on any atom is 0.417 e. The van der Waals surface area contributed by atoms with Crippen LogP contribution in [0.1, 0.15) is 37.4 Å². The molecule has 0 bridgehead atoms. The van der Waals surface area contributed by atoms with Gasteiger partial charge in [0.25, 0.3) is 11.8 Å². The van der Waals surface area contributed by atoms with Gasteiger partial charge < -0.3 is 20.3 Å². The molecule has 0 radical (unpaired) electrons. The molecule has 0 saturated heterocycles. The number of amides is 2. The van der Waals surface area contributed by atoms with Crippen LogP contribution >= 0.6 is 23.4 Å². The van der Waals surface area contributed by atoms with E-state index in [9.17, 15) is 27.9 Å². The number of carbonyl (C=O) groups excluding carboxylic acids is 2. The Kier molecular flexibility index (Phi) is 11.0. The molecule has 3 aromatic rings. The van der Waals surface area contributed by atoms with E-state index in [1.165, 1.54) is 37.1 Å². The summed E-state index contributed by atoms with van der Waals surface area (Å²) >= 11 is 7.02. The van der Waals surface area contributed by atoms with Crippen LogP contribution in [0.25, 0.3) is 0 Å². The number of alkyl halides is 3. The van der Waals surface area contributed by atoms with Crippen molar-refractivity contribution in [3.8, 4) is 5.75 Å². The fourth-order valence-electron chi connectivity index (χ4n) is 3.38. The van der Waals surface area contributed by atoms with Gasteiger partial charge >= 0.3 is 6.18 Å². The summed E-state index contributed by atoms with van der Waals surface area (Å²) in [5, 5.41) is 24.4. The first-order valence-electron chi connectivity index (χ1n) is 11.7. The van der Waals surface area contributed by atoms with Gasteiger partial charge in [-0.1, -0.05) is 29.8 Å². The van der Waals surface area contributed by atoms with Crippen molar-refractivity contribution in [3.63, 3.8) is 0 Å². The summed E-state index contributed by atoms with van der Waals surface area (Å²) in [7, 11) is 1.40. The fourth-order valence-corrected chi connectivity index (χ4v) is 4.51. The lowest BCUT2D eigenvalue weighted by Crippen LogP contribution is -2.21. The van der Waals surface area contributed by atoms with Crippen molar-refractivity contribution in [3.05, 3.63) is 93.5 Å². The van der Waals surface area contributed by atoms with Crippen molar-refractivity contribution in [2.45, 2.75) is 18.0 Å². The number of hydrogen-bond donors (Lipinski definition) is 4. The maximum atomic E-state index is 13.1. The second-order valence-corrected chi connectivity index (χ2v) is 9.79. The minimum atomic E-state index is -4.65. The van der Waals surface area contributed by atoms with Gasteiger partial charge in [-0.2, -0.15) is 30.0 Å². The van der Waals surface area contributed by atoms with Crippen LogP contribution < -0.4 is 15.5 Å². The Morgan fingerprint density at radius 2 is 1.90 bits per heavy atom. The van der Waals surface area contributed by atoms with E-state index in [4.69, 9.17) is 21.4 Å². The van der Waals surface area contributed by atoms with Crippen molar-refractivity contribution in [1.29, 1.82) is 0 Å². The Balaban J connectivity index is 1.74. The molecule has 0 aliphatic rings. The van der Waals surface area contributed by atoms with Gasteiger partial charge in [0.2, 0.25) is 0 Å². The summed E-state index contributed by atoms with van der Waals surface area (Å²) in [4.78, 5) is 25.9. The number of aliphatic hydroxyl groups is 2. The predicted octanol–water partition coefficient (Wildman–Crippen LogP) is 4.97. The number of rotatable bonds is 11. The van der Waals surface area contributed by atoms with E-state index < -0.39 is 34.7 Å². The summed E-state index contributed by atoms with van der Waals surface area (Å²) in [6.07, 6.45) is -4.45. The largest absolute Gasteiger partial charge is 0.497 e. The molecule has 0 aromatic heterocycles. The molecule has 13 heteroatoms. The van der Waals surface area contributed by atoms with Gasteiger partial charge in [0, 0.05) is 17.1 Å². The molecule has 1 unspecified atom stereocenters. The lowest BCUT2D eigenvalue weighted by Gasteiger charge is -2.13. The summed E-state index contributed by atoms with van der Waals surface area (Å²) in [5.41, 5.74) is 2.55. The van der Waals surface area contributed by atoms with Crippen LogP contribution in [0, 0.1) is 0 Å². The van der Waals surface area contributed by atoms with Gasteiger partial charge in [0.15, 0.2) is 0 Å². The number of methoxy groups -OCH3 is 1. The van der Waals surface area contributed by atoms with Crippen LogP contribution in [0.2, 0.25) is 5.02 Å². The van der Waals surface area contributed by atoms with E-state index >= 15 is 0 Å². The minimum Gasteiger partial charge on any atom is -0.497 e. The number of benzene rings is 3. The predicted molar refractivity (Wildman–Crippen MR) is 148 cm³/mol. The van der Waals surface area contributed by atoms with Crippen molar-refractivity contribution in [2.75, 3.05) is 24.8 Å². The van der Waals surface area contributed by atoms with Crippen LogP contribution in [0.3, 0.4) is 0 Å². The van der Waals surface area contributed by atoms with Gasteiger partial charge in [-0.25, -0.2) is 5.43 Å². The van der Waals surface area contributed by atoms with E-state index in [1.54, 1.807) is 24.3 Å². The van der Waals surface area contributed by atoms with Crippen LogP contribution in [-0.2, 0) is 11.9 Å². The Morgan fingerprint density at radius 1 is 1.12 bits per heavy atom. The van der Waals surface area contributed by atoms with Gasteiger partial charge in [-0.15, -0.1) is 0 Å². The molecule has 0 aliphatic carbocycles. The van der Waals surface area contributed by atoms with Gasteiger partial charge in [-0.3, -0.25) is 9.59 Å². The third-order valence-corrected chi connectivity index (χ3v) is 6.86. The summed E-state index contributed by atoms with van der Waals surface area (Å²) in [6.45, 7) is -0.335. The molecule has 2 amide bonds. The van der Waals surface area contributed by atoms with Crippen LogP contribution in [-0.4, -0.2) is 53.8 Å². The van der Waals surface area contributed by atoms with E-state index in [0.29, 0.717) is 22.8 Å². The van der Waals surface area contributed by atoms with Crippen molar-refractivity contribution < 1.29 is 37.7 Å². The topological polar surface area (TPSA) is 120 Å². The fraction of sp³-hybridized carbons (Fsp3) is 0.222. The number of nitrogens with one attached hydrogen (secondary N) is 2. The first-order chi connectivity index (χ1) is 19.0. The Bertz CT molecular complexity index is 1390. The lowest BCUT2D eigenvalue weighted by molar-refractivity contribution is -0.137. The number of ether oxygens (including phenoxy) is 1. The molecule has 0 spiro atoms. The average molecular weight is 596 g/mol. The number of hydrogen-bond acceptors (Lipinski definition) is 7. The Hall–Kier alpha value is -3.58. The highest BCUT2D eigenvalue weighted by Gasteiger charge is 2.33. The zero-order valence-corrected chi connectivity index (χ0v) is 22.6. The molecule has 212 valence electrons. The molecule has 3 aromatic carbocycles. The highest BCUT2D eigenvalue weighted by atomic mass is 35.5. The molecule has 40 heavy (non-hydrogen) atoms. The zero-order valence-electron chi connectivity index (χ0n) is 21.0. The van der Waals surface area contributed by atoms with Crippen molar-refractivity contribution in [1.82, 2.24) is 5.43 Å². The smallest absolute Gasteiger partial charge is 0.417 e. The molecular weight excluding hydrogens is 571 g/mol. The number of halogens is 4. The van der Waals surface area contributed by atoms with Gasteiger partial charge in [-0.05, 0) is 53.6 Å². The minimum absolute atomic E-state index is 0.00152. The van der Waals surface area contributed by atoms with E-state index in [0.717, 1.165) is 23.9 Å². The van der Waals surface area contributed by atoms with E-state index in [-0.39, 0.29) is 23.4 Å². The SMILES string of the molecule is COc1ccc(NC(=O)c2cccc(CSCC(O)CO)c2)c(C(=O)N/N=C/c2ccc(Cl)c(C(F)(F)F)c2)c1. The zero-order chi connectivity index (χ0) is 29.3. The number of thioether (sulfide) groups is 1. The van der Waals surface area contributed by atoms with E-state index in [1.807, 2.05) is 6.07 Å². The normalized spacial score (nSPS) is 12.3. The molecule has 0 aliphatic heterocycles. The third-order valence-electron chi connectivity index (χ3n) is 5.37. The maximum absolute atomic E-state index is 13.1. The number of aliphatic hydroxyl groups excluding tert-OH is 2. The highest BCUT2D eigenvalue weighted by molar-refractivity contribution is 7.98. The molecule has 4 N–H and O–H groups in total. The number of anilines is 1. The van der Waals surface area contributed by atoms with Crippen LogP contribution in [0.15, 0.2) is 65.8 Å². The monoisotopic (exact) mass is 595 g/mol. The van der Waals surface area contributed by atoms with Crippen molar-refractivity contribution >= 4 is 47.1 Å². The Labute approximate surface area is 237 Å². The standard InChI is InChI=1S/C27H25ClF3N3O5S/c1-39-20-6-8-24(33-25(37)18-4-2-3-17(9-18)14-40-15-19(36)13-35)21(11-20)26(38)34-32-12-16-5-7-23(28)22(10-16)27(29,30)31/h2-12,19,35-36H,13-15H2,1H3,(H,33,37)(H,34,38)/b32-12+. The summed E-state index contributed by atoms with van der Waals surface area (Å²) in [6, 6.07) is 14.4. The summed E-state index contributed by atoms with van der Waals surface area (Å²) < 4.78 is 44.5. The average Bonchev–Trinajstić information content (AvgIpc) is 2.93. The molecule has 1 atom stereocenters. The van der Waals surface area contributed by atoms with Crippen LogP contribution in [0.4, 0.5) is 18.9 Å². The second kappa shape index (κ2) is 14.2. The molecule has 8 nitrogen and oxygen atoms in total. The highest BCUT2D eigenvalue weighted by Crippen LogP contribution is 2.34. The number of nitrogens with zero attached hydrogens (tertiary/aromatic N) is 1. The molecule has 0 fully saturated rings. The number of carbonyl (C=O) groups is 2. The first-order valence-corrected chi connectivity index (χ1v) is 13.2. The first kappa shape index (κ1) is 31.0. The van der Waals surface area contributed by atoms with E-state index in [2.05, 4.69) is 15.8 Å². The second-order valence-electron chi connectivity index (χ2n) is 8.35. The molecule has 0 heterocycles. The lowest BCUT2D eigenvalue weighted by atomic mass is 10.1.